The standard InChI is InChI=1S/C15H13ClN2O6S/c1-7(19)17-15-18-14(22)11(25-15)5-8-3-9(16)13(10(4-8)23-2)24-6-12(20)21/h3-5H,6H2,1-2H3,(H,20,21)(H,17,18,19,22). The van der Waals surface area contributed by atoms with Gasteiger partial charge in [-0.3, -0.25) is 9.59 Å². The topological polar surface area (TPSA) is 114 Å². The zero-order chi connectivity index (χ0) is 18.6. The van der Waals surface area contributed by atoms with Crippen LogP contribution in [0.2, 0.25) is 5.02 Å². The van der Waals surface area contributed by atoms with E-state index in [0.29, 0.717) is 10.5 Å². The minimum absolute atomic E-state index is 0.0919. The highest BCUT2D eigenvalue weighted by molar-refractivity contribution is 8.18. The number of amides is 2. The van der Waals surface area contributed by atoms with Crippen molar-refractivity contribution in [2.45, 2.75) is 6.92 Å². The third-order valence-electron chi connectivity index (χ3n) is 2.79. The van der Waals surface area contributed by atoms with Crippen molar-refractivity contribution in [3.63, 3.8) is 0 Å². The second kappa shape index (κ2) is 8.04. The van der Waals surface area contributed by atoms with Gasteiger partial charge in [0.15, 0.2) is 23.3 Å². The molecule has 25 heavy (non-hydrogen) atoms. The van der Waals surface area contributed by atoms with E-state index in [0.717, 1.165) is 11.8 Å². The molecular weight excluding hydrogens is 372 g/mol. The van der Waals surface area contributed by atoms with E-state index in [1.165, 1.54) is 26.2 Å². The fourth-order valence-corrected chi connectivity index (χ4v) is 2.99. The van der Waals surface area contributed by atoms with Gasteiger partial charge in [-0.2, -0.15) is 4.99 Å². The zero-order valence-corrected chi connectivity index (χ0v) is 14.7. The van der Waals surface area contributed by atoms with Crippen molar-refractivity contribution in [3.8, 4) is 11.5 Å². The SMILES string of the molecule is COc1cc(C=C2SC(NC(C)=O)=NC2=O)cc(Cl)c1OCC(=O)O. The summed E-state index contributed by atoms with van der Waals surface area (Å²) < 4.78 is 10.3. The molecule has 1 aromatic rings. The molecule has 0 fully saturated rings. The first-order chi connectivity index (χ1) is 11.8. The number of benzene rings is 1. The number of amidine groups is 1. The predicted molar refractivity (Wildman–Crippen MR) is 93.0 cm³/mol. The van der Waals surface area contributed by atoms with Gasteiger partial charge in [-0.15, -0.1) is 0 Å². The molecular formula is C15H13ClN2O6S. The summed E-state index contributed by atoms with van der Waals surface area (Å²) in [6.45, 7) is 0.745. The highest BCUT2D eigenvalue weighted by Crippen LogP contribution is 2.38. The Morgan fingerprint density at radius 2 is 2.16 bits per heavy atom. The highest BCUT2D eigenvalue weighted by atomic mass is 35.5. The van der Waals surface area contributed by atoms with E-state index in [2.05, 4.69) is 10.3 Å². The van der Waals surface area contributed by atoms with E-state index < -0.39 is 18.5 Å². The summed E-state index contributed by atoms with van der Waals surface area (Å²) in [4.78, 5) is 37.5. The van der Waals surface area contributed by atoms with E-state index in [1.807, 2.05) is 0 Å². The van der Waals surface area contributed by atoms with Gasteiger partial charge < -0.3 is 19.9 Å². The number of nitrogens with one attached hydrogen (secondary N) is 1. The number of nitrogens with zero attached hydrogens (tertiary/aromatic N) is 1. The number of ether oxygens (including phenoxy) is 2. The molecule has 0 atom stereocenters. The fraction of sp³-hybridized carbons (Fsp3) is 0.200. The first kappa shape index (κ1) is 18.8. The first-order valence-electron chi connectivity index (χ1n) is 6.82. The van der Waals surface area contributed by atoms with Crippen molar-refractivity contribution in [3.05, 3.63) is 27.6 Å². The summed E-state index contributed by atoms with van der Waals surface area (Å²) in [5.74, 6) is -1.66. The lowest BCUT2D eigenvalue weighted by Crippen LogP contribution is -2.23. The molecule has 132 valence electrons. The average molecular weight is 385 g/mol. The number of carboxylic acids is 1. The minimum atomic E-state index is -1.15. The Hall–Kier alpha value is -2.52. The van der Waals surface area contributed by atoms with Crippen LogP contribution in [-0.4, -0.2) is 41.8 Å². The number of rotatable bonds is 5. The third-order valence-corrected chi connectivity index (χ3v) is 3.97. The Balaban J connectivity index is 2.26. The Labute approximate surface area is 151 Å². The van der Waals surface area contributed by atoms with Crippen LogP contribution in [0.5, 0.6) is 11.5 Å². The van der Waals surface area contributed by atoms with Gasteiger partial charge in [0, 0.05) is 6.92 Å². The molecule has 2 rings (SSSR count). The Bertz CT molecular complexity index is 805. The van der Waals surface area contributed by atoms with Gasteiger partial charge in [0.25, 0.3) is 5.91 Å². The van der Waals surface area contributed by atoms with Gasteiger partial charge in [0.1, 0.15) is 0 Å². The van der Waals surface area contributed by atoms with Gasteiger partial charge in [0.2, 0.25) is 5.91 Å². The lowest BCUT2D eigenvalue weighted by atomic mass is 10.2. The maximum atomic E-state index is 11.9. The Morgan fingerprint density at radius 3 is 2.76 bits per heavy atom. The maximum absolute atomic E-state index is 11.9. The average Bonchev–Trinajstić information content (AvgIpc) is 2.84. The van der Waals surface area contributed by atoms with Crippen LogP contribution < -0.4 is 14.8 Å². The van der Waals surface area contributed by atoms with Crippen LogP contribution in [0.15, 0.2) is 22.0 Å². The Kier molecular flexibility index (Phi) is 6.05. The molecule has 0 aromatic heterocycles. The quantitative estimate of drug-likeness (QED) is 0.745. The smallest absolute Gasteiger partial charge is 0.341 e. The van der Waals surface area contributed by atoms with Gasteiger partial charge in [-0.05, 0) is 35.5 Å². The number of carbonyl (C=O) groups is 3. The number of carboxylic acid groups (broad SMARTS) is 1. The van der Waals surface area contributed by atoms with Crippen molar-refractivity contribution >= 4 is 52.4 Å². The number of hydrogen-bond donors (Lipinski definition) is 2. The lowest BCUT2D eigenvalue weighted by Gasteiger charge is -2.12. The van der Waals surface area contributed by atoms with Crippen LogP contribution in [0.1, 0.15) is 12.5 Å². The molecule has 8 nitrogen and oxygen atoms in total. The maximum Gasteiger partial charge on any atom is 0.341 e. The molecule has 1 aliphatic rings. The van der Waals surface area contributed by atoms with Crippen LogP contribution in [0, 0.1) is 0 Å². The van der Waals surface area contributed by atoms with Crippen molar-refractivity contribution in [1.29, 1.82) is 0 Å². The number of hydrogen-bond acceptors (Lipinski definition) is 6. The summed E-state index contributed by atoms with van der Waals surface area (Å²) in [7, 11) is 1.38. The molecule has 10 heteroatoms. The molecule has 0 aliphatic carbocycles. The number of thioether (sulfide) groups is 1. The fourth-order valence-electron chi connectivity index (χ4n) is 1.86. The van der Waals surface area contributed by atoms with Gasteiger partial charge in [-0.1, -0.05) is 11.6 Å². The molecule has 0 saturated heterocycles. The van der Waals surface area contributed by atoms with Gasteiger partial charge in [-0.25, -0.2) is 4.79 Å². The molecule has 1 aliphatic heterocycles. The summed E-state index contributed by atoms with van der Waals surface area (Å²) in [6.07, 6.45) is 1.53. The summed E-state index contributed by atoms with van der Waals surface area (Å²) >= 11 is 7.13. The summed E-state index contributed by atoms with van der Waals surface area (Å²) in [6, 6.07) is 3.04. The van der Waals surface area contributed by atoms with Gasteiger partial charge in [0.05, 0.1) is 17.0 Å². The van der Waals surface area contributed by atoms with Crippen LogP contribution in [0.3, 0.4) is 0 Å². The molecule has 0 bridgehead atoms. The van der Waals surface area contributed by atoms with Crippen molar-refractivity contribution in [2.75, 3.05) is 13.7 Å². The molecule has 1 heterocycles. The molecule has 0 radical (unpaired) electrons. The van der Waals surface area contributed by atoms with Crippen LogP contribution >= 0.6 is 23.4 Å². The van der Waals surface area contributed by atoms with Crippen molar-refractivity contribution in [2.24, 2.45) is 4.99 Å². The monoisotopic (exact) mass is 384 g/mol. The van der Waals surface area contributed by atoms with Crippen LogP contribution in [0.4, 0.5) is 0 Å². The van der Waals surface area contributed by atoms with Crippen molar-refractivity contribution in [1.82, 2.24) is 5.32 Å². The number of carbonyl (C=O) groups excluding carboxylic acids is 2. The largest absolute Gasteiger partial charge is 0.493 e. The van der Waals surface area contributed by atoms with Crippen molar-refractivity contribution < 1.29 is 29.0 Å². The number of methoxy groups -OCH3 is 1. The molecule has 0 unspecified atom stereocenters. The van der Waals surface area contributed by atoms with Crippen LogP contribution in [0.25, 0.3) is 6.08 Å². The van der Waals surface area contributed by atoms with E-state index in [1.54, 1.807) is 6.07 Å². The summed E-state index contributed by atoms with van der Waals surface area (Å²) in [5.41, 5.74) is 0.527. The Morgan fingerprint density at radius 1 is 1.44 bits per heavy atom. The summed E-state index contributed by atoms with van der Waals surface area (Å²) in [5, 5.41) is 11.5. The lowest BCUT2D eigenvalue weighted by molar-refractivity contribution is -0.139. The predicted octanol–water partition coefficient (Wildman–Crippen LogP) is 1.92. The number of aliphatic carboxylic acids is 1. The third kappa shape index (κ3) is 4.97. The molecule has 0 spiro atoms. The normalized spacial score (nSPS) is 15.1. The second-order valence-corrected chi connectivity index (χ2v) is 6.17. The number of aliphatic imine (C=N–C) groups is 1. The zero-order valence-electron chi connectivity index (χ0n) is 13.2. The molecule has 0 saturated carbocycles. The van der Waals surface area contributed by atoms with Crippen LogP contribution in [-0.2, 0) is 14.4 Å². The van der Waals surface area contributed by atoms with E-state index in [4.69, 9.17) is 26.2 Å². The number of halogens is 1. The second-order valence-electron chi connectivity index (χ2n) is 4.73. The minimum Gasteiger partial charge on any atom is -0.493 e. The van der Waals surface area contributed by atoms with E-state index in [9.17, 15) is 14.4 Å². The molecule has 2 amide bonds. The highest BCUT2D eigenvalue weighted by Gasteiger charge is 2.23. The molecule has 2 N–H and O–H groups in total. The molecule has 1 aromatic carbocycles. The van der Waals surface area contributed by atoms with E-state index in [-0.39, 0.29) is 27.6 Å². The van der Waals surface area contributed by atoms with E-state index >= 15 is 0 Å². The van der Waals surface area contributed by atoms with Gasteiger partial charge >= 0.3 is 5.97 Å². The first-order valence-corrected chi connectivity index (χ1v) is 8.02.